The topological polar surface area (TPSA) is 49.5 Å². The third-order valence-electron chi connectivity index (χ3n) is 7.47. The van der Waals surface area contributed by atoms with Gasteiger partial charge in [0.25, 0.3) is 0 Å². The van der Waals surface area contributed by atoms with Gasteiger partial charge in [0.15, 0.2) is 0 Å². The number of rotatable bonds is 8. The van der Waals surface area contributed by atoms with E-state index in [2.05, 4.69) is 71.6 Å². The number of allylic oxidation sites excluding steroid dienone is 1. The van der Waals surface area contributed by atoms with E-state index in [0.29, 0.717) is 5.92 Å². The molecule has 3 nitrogen and oxygen atoms in total. The molecule has 2 aliphatic rings. The lowest BCUT2D eigenvalue weighted by atomic mass is 9.85. The van der Waals surface area contributed by atoms with E-state index in [9.17, 15) is 5.11 Å². The van der Waals surface area contributed by atoms with Gasteiger partial charge in [0.2, 0.25) is 0 Å². The fraction of sp³-hybridized carbons (Fsp3) is 0.355. The van der Waals surface area contributed by atoms with Crippen LogP contribution in [0.3, 0.4) is 0 Å². The molecule has 3 aromatic carbocycles. The third-order valence-corrected chi connectivity index (χ3v) is 7.47. The number of aliphatic hydroxyl groups is 1. The van der Waals surface area contributed by atoms with Crippen molar-refractivity contribution in [2.24, 2.45) is 0 Å². The first-order chi connectivity index (χ1) is 16.7. The van der Waals surface area contributed by atoms with Gasteiger partial charge in [-0.2, -0.15) is 0 Å². The number of nitrogens with zero attached hydrogens (tertiary/aromatic N) is 1. The Bertz CT molecular complexity index is 1090. The van der Waals surface area contributed by atoms with Gasteiger partial charge < -0.3 is 15.7 Å². The van der Waals surface area contributed by atoms with Crippen LogP contribution in [0.4, 0.5) is 5.69 Å². The average molecular weight is 453 g/mol. The lowest BCUT2D eigenvalue weighted by Gasteiger charge is -2.32. The highest BCUT2D eigenvalue weighted by atomic mass is 16.2. The number of benzene rings is 3. The summed E-state index contributed by atoms with van der Waals surface area (Å²) in [6.07, 6.45) is 6.89. The molecule has 0 amide bonds. The first-order valence-electron chi connectivity index (χ1n) is 12.8. The Kier molecular flexibility index (Phi) is 7.13. The van der Waals surface area contributed by atoms with E-state index in [0.717, 1.165) is 30.1 Å². The van der Waals surface area contributed by atoms with Crippen molar-refractivity contribution in [1.29, 1.82) is 0 Å². The van der Waals surface area contributed by atoms with Gasteiger partial charge in [-0.25, -0.2) is 0 Å². The van der Waals surface area contributed by atoms with Crippen LogP contribution in [0, 0.1) is 0 Å². The van der Waals surface area contributed by atoms with Crippen LogP contribution in [-0.4, -0.2) is 35.7 Å². The Morgan fingerprint density at radius 1 is 0.765 bits per heavy atom. The van der Waals surface area contributed by atoms with Crippen molar-refractivity contribution in [3.8, 4) is 0 Å². The quantitative estimate of drug-likeness (QED) is 0.310. The maximum atomic E-state index is 9.62. The second-order valence-electron chi connectivity index (χ2n) is 9.83. The van der Waals surface area contributed by atoms with Gasteiger partial charge in [-0.05, 0) is 103 Å². The van der Waals surface area contributed by atoms with Crippen LogP contribution in [0.25, 0.3) is 11.1 Å². The molecule has 1 aliphatic carbocycles. The molecule has 3 aromatic rings. The molecule has 0 bridgehead atoms. The van der Waals surface area contributed by atoms with Crippen LogP contribution in [0.2, 0.25) is 0 Å². The average Bonchev–Trinajstić information content (AvgIpc) is 3.74. The van der Waals surface area contributed by atoms with E-state index >= 15 is 0 Å². The van der Waals surface area contributed by atoms with Crippen molar-refractivity contribution in [3.63, 3.8) is 0 Å². The highest BCUT2D eigenvalue weighted by Gasteiger charge is 2.32. The van der Waals surface area contributed by atoms with Crippen LogP contribution in [0.5, 0.6) is 0 Å². The van der Waals surface area contributed by atoms with Crippen LogP contribution >= 0.6 is 0 Å². The van der Waals surface area contributed by atoms with E-state index in [1.807, 2.05) is 12.1 Å². The zero-order valence-corrected chi connectivity index (χ0v) is 20.0. The van der Waals surface area contributed by atoms with E-state index in [-0.39, 0.29) is 6.61 Å². The Morgan fingerprint density at radius 2 is 1.38 bits per heavy atom. The molecule has 0 atom stereocenters. The number of piperidine rings is 1. The van der Waals surface area contributed by atoms with Crippen LogP contribution in [0.15, 0.2) is 78.9 Å². The lowest BCUT2D eigenvalue weighted by Crippen LogP contribution is -2.34. The molecular formula is C31H36N2O. The van der Waals surface area contributed by atoms with Crippen LogP contribution in [0.1, 0.15) is 66.7 Å². The molecule has 0 unspecified atom stereocenters. The van der Waals surface area contributed by atoms with E-state index in [1.54, 1.807) is 0 Å². The predicted octanol–water partition coefficient (Wildman–Crippen LogP) is 6.34. The third kappa shape index (κ3) is 5.27. The summed E-state index contributed by atoms with van der Waals surface area (Å²) in [4.78, 5) is 2.69. The van der Waals surface area contributed by atoms with Gasteiger partial charge in [-0.15, -0.1) is 0 Å². The molecular weight excluding hydrogens is 416 g/mol. The summed E-state index contributed by atoms with van der Waals surface area (Å²) in [5.74, 6) is 0.663. The van der Waals surface area contributed by atoms with Gasteiger partial charge in [0, 0.05) is 18.3 Å². The molecule has 0 spiro atoms. The maximum Gasteiger partial charge on any atom is 0.0434 e. The second-order valence-corrected chi connectivity index (χ2v) is 9.83. The smallest absolute Gasteiger partial charge is 0.0434 e. The normalized spacial score (nSPS) is 18.0. The molecule has 1 saturated heterocycles. The maximum absolute atomic E-state index is 9.62. The number of nitrogen functional groups attached to an aromatic ring is 1. The Balaban J connectivity index is 1.49. The van der Waals surface area contributed by atoms with Crippen molar-refractivity contribution in [1.82, 2.24) is 4.90 Å². The number of hydrogen-bond acceptors (Lipinski definition) is 3. The van der Waals surface area contributed by atoms with Crippen molar-refractivity contribution in [3.05, 3.63) is 101 Å². The monoisotopic (exact) mass is 452 g/mol. The van der Waals surface area contributed by atoms with Crippen molar-refractivity contribution in [2.75, 3.05) is 25.4 Å². The molecule has 1 aliphatic heterocycles. The highest BCUT2D eigenvalue weighted by molar-refractivity contribution is 5.98. The summed E-state index contributed by atoms with van der Waals surface area (Å²) in [6.45, 7) is 2.67. The summed E-state index contributed by atoms with van der Waals surface area (Å²) in [7, 11) is 0. The van der Waals surface area contributed by atoms with Crippen molar-refractivity contribution >= 4 is 16.8 Å². The zero-order valence-electron chi connectivity index (χ0n) is 20.0. The summed E-state index contributed by atoms with van der Waals surface area (Å²) >= 11 is 0. The molecule has 1 saturated carbocycles. The first-order valence-corrected chi connectivity index (χ1v) is 12.8. The Labute approximate surface area is 203 Å². The first kappa shape index (κ1) is 22.9. The van der Waals surface area contributed by atoms with Crippen LogP contribution < -0.4 is 5.73 Å². The molecule has 0 radical (unpaired) electrons. The second kappa shape index (κ2) is 10.6. The number of nitrogens with two attached hydrogens (primary N) is 1. The molecule has 2 fully saturated rings. The summed E-state index contributed by atoms with van der Waals surface area (Å²) in [6, 6.07) is 28.9. The van der Waals surface area contributed by atoms with Gasteiger partial charge in [-0.1, -0.05) is 66.7 Å². The van der Waals surface area contributed by atoms with Gasteiger partial charge in [-0.3, -0.25) is 0 Å². The predicted molar refractivity (Wildman–Crippen MR) is 143 cm³/mol. The largest absolute Gasteiger partial charge is 0.399 e. The summed E-state index contributed by atoms with van der Waals surface area (Å²) < 4.78 is 0. The zero-order chi connectivity index (χ0) is 23.3. The fourth-order valence-electron chi connectivity index (χ4n) is 5.43. The minimum absolute atomic E-state index is 0.184. The Morgan fingerprint density at radius 3 is 1.97 bits per heavy atom. The molecule has 3 N–H and O–H groups in total. The van der Waals surface area contributed by atoms with Crippen molar-refractivity contribution < 1.29 is 5.11 Å². The van der Waals surface area contributed by atoms with E-state index in [1.165, 1.54) is 66.6 Å². The number of hydrogen-bond donors (Lipinski definition) is 2. The Hall–Kier alpha value is -2.88. The molecule has 1 heterocycles. The highest BCUT2D eigenvalue weighted by Crippen LogP contribution is 2.38. The molecule has 3 heteroatoms. The van der Waals surface area contributed by atoms with E-state index in [4.69, 9.17) is 5.73 Å². The molecule has 5 rings (SSSR count). The summed E-state index contributed by atoms with van der Waals surface area (Å²) in [5.41, 5.74) is 14.3. The number of likely N-dealkylation sites (tertiary alicyclic amines) is 1. The SMILES string of the molecule is Nc1ccc(C(=C(CCCO)c2ccccc2)c2ccc(C3CCN(C4CC4)CC3)cc2)cc1. The molecule has 176 valence electrons. The minimum Gasteiger partial charge on any atom is -0.399 e. The number of anilines is 1. The minimum atomic E-state index is 0.184. The fourth-order valence-corrected chi connectivity index (χ4v) is 5.43. The molecule has 0 aromatic heterocycles. The van der Waals surface area contributed by atoms with Gasteiger partial charge >= 0.3 is 0 Å². The van der Waals surface area contributed by atoms with E-state index < -0.39 is 0 Å². The standard InChI is InChI=1S/C31H36N2O/c32-28-14-12-27(13-15-28)31(30(7-4-22-34)25-5-2-1-3-6-25)26-10-8-23(9-11-26)24-18-20-33(21-19-24)29-16-17-29/h1-3,5-6,8-15,24,29,34H,4,7,16-22,32H2. The van der Waals surface area contributed by atoms with Crippen molar-refractivity contribution in [2.45, 2.75) is 50.5 Å². The van der Waals surface area contributed by atoms with Gasteiger partial charge in [0.1, 0.15) is 0 Å². The lowest BCUT2D eigenvalue weighted by molar-refractivity contribution is 0.203. The number of aliphatic hydroxyl groups excluding tert-OH is 1. The van der Waals surface area contributed by atoms with Gasteiger partial charge in [0.05, 0.1) is 0 Å². The summed E-state index contributed by atoms with van der Waals surface area (Å²) in [5, 5.41) is 9.62. The van der Waals surface area contributed by atoms with Crippen LogP contribution in [-0.2, 0) is 0 Å². The molecule has 34 heavy (non-hydrogen) atoms.